The third kappa shape index (κ3) is 4.19. The van der Waals surface area contributed by atoms with Crippen LogP contribution in [0.25, 0.3) is 50.1 Å². The summed E-state index contributed by atoms with van der Waals surface area (Å²) in [6.07, 6.45) is 8.09. The first-order chi connectivity index (χ1) is 20.0. The SMILES string of the molecule is Cc1c(-c2cc3ccc(-c4ccc5cn[nH]c5c4)nc3n2CC2CC2)nn2cc(C(=O)N3CCC[C@@H](N)C3)ccc12. The molecule has 0 bridgehead atoms. The normalized spacial score (nSPS) is 17.7. The number of aryl methyl sites for hydroxylation is 1. The van der Waals surface area contributed by atoms with Crippen molar-refractivity contribution in [2.24, 2.45) is 11.7 Å². The van der Waals surface area contributed by atoms with Crippen molar-refractivity contribution in [2.75, 3.05) is 13.1 Å². The van der Waals surface area contributed by atoms with Gasteiger partial charge < -0.3 is 15.2 Å². The van der Waals surface area contributed by atoms with Crippen LogP contribution in [0.3, 0.4) is 0 Å². The number of nitrogens with two attached hydrogens (primary N) is 1. The molecule has 206 valence electrons. The number of H-pyrrole nitrogens is 1. The van der Waals surface area contributed by atoms with Gasteiger partial charge in [-0.05, 0) is 74.9 Å². The van der Waals surface area contributed by atoms with Crippen LogP contribution in [-0.2, 0) is 6.54 Å². The molecule has 1 aromatic carbocycles. The van der Waals surface area contributed by atoms with Crippen molar-refractivity contribution in [3.8, 4) is 22.6 Å². The van der Waals surface area contributed by atoms with E-state index in [9.17, 15) is 4.79 Å². The second-order valence-electron chi connectivity index (χ2n) is 11.7. The quantitative estimate of drug-likeness (QED) is 0.311. The van der Waals surface area contributed by atoms with E-state index in [0.717, 1.165) is 81.6 Å². The highest BCUT2D eigenvalue weighted by atomic mass is 16.2. The molecule has 3 N–H and O–H groups in total. The Bertz CT molecular complexity index is 1960. The molecule has 6 heterocycles. The zero-order valence-corrected chi connectivity index (χ0v) is 23.0. The summed E-state index contributed by atoms with van der Waals surface area (Å²) in [5.74, 6) is 0.679. The van der Waals surface area contributed by atoms with Crippen LogP contribution in [0.1, 0.15) is 41.6 Å². The number of carbonyl (C=O) groups excluding carboxylic acids is 1. The van der Waals surface area contributed by atoms with Gasteiger partial charge in [-0.15, -0.1) is 0 Å². The van der Waals surface area contributed by atoms with Gasteiger partial charge in [0.2, 0.25) is 0 Å². The summed E-state index contributed by atoms with van der Waals surface area (Å²) < 4.78 is 4.21. The third-order valence-electron chi connectivity index (χ3n) is 8.73. The molecule has 0 spiro atoms. The molecule has 8 rings (SSSR count). The van der Waals surface area contributed by atoms with Crippen molar-refractivity contribution in [2.45, 2.75) is 45.2 Å². The highest BCUT2D eigenvalue weighted by Gasteiger charge is 2.27. The summed E-state index contributed by atoms with van der Waals surface area (Å²) in [6, 6.07) is 16.7. The van der Waals surface area contributed by atoms with E-state index in [0.29, 0.717) is 18.0 Å². The first-order valence-corrected chi connectivity index (χ1v) is 14.5. The number of aromatic nitrogens is 6. The van der Waals surface area contributed by atoms with Gasteiger partial charge in [-0.1, -0.05) is 12.1 Å². The zero-order valence-electron chi connectivity index (χ0n) is 23.0. The first kappa shape index (κ1) is 24.3. The fraction of sp³-hybridized carbons (Fsp3) is 0.312. The summed E-state index contributed by atoms with van der Waals surface area (Å²) in [6.45, 7) is 4.38. The Morgan fingerprint density at radius 1 is 1.07 bits per heavy atom. The van der Waals surface area contributed by atoms with Gasteiger partial charge >= 0.3 is 0 Å². The van der Waals surface area contributed by atoms with Gasteiger partial charge in [0, 0.05) is 53.8 Å². The van der Waals surface area contributed by atoms with Crippen molar-refractivity contribution < 1.29 is 4.79 Å². The molecule has 1 atom stereocenters. The van der Waals surface area contributed by atoms with Crippen molar-refractivity contribution >= 4 is 33.4 Å². The number of likely N-dealkylation sites (tertiary alicyclic amines) is 1. The Hall–Kier alpha value is -4.50. The molecule has 1 aliphatic heterocycles. The van der Waals surface area contributed by atoms with Gasteiger partial charge in [0.1, 0.15) is 11.3 Å². The van der Waals surface area contributed by atoms with Gasteiger partial charge in [-0.25, -0.2) is 9.50 Å². The Labute approximate surface area is 237 Å². The monoisotopic (exact) mass is 544 g/mol. The number of fused-ring (bicyclic) bond motifs is 3. The van der Waals surface area contributed by atoms with Gasteiger partial charge in [-0.2, -0.15) is 10.2 Å². The van der Waals surface area contributed by atoms with Crippen molar-refractivity contribution in [1.29, 1.82) is 0 Å². The second-order valence-corrected chi connectivity index (χ2v) is 11.7. The Morgan fingerprint density at radius 3 is 2.80 bits per heavy atom. The summed E-state index contributed by atoms with van der Waals surface area (Å²) in [5, 5.41) is 14.4. The zero-order chi connectivity index (χ0) is 27.7. The average Bonchev–Trinajstić information content (AvgIpc) is 3.42. The number of amides is 1. The van der Waals surface area contributed by atoms with Crippen LogP contribution in [0.4, 0.5) is 0 Å². The lowest BCUT2D eigenvalue weighted by Crippen LogP contribution is -2.45. The van der Waals surface area contributed by atoms with E-state index in [-0.39, 0.29) is 11.9 Å². The predicted octanol–water partition coefficient (Wildman–Crippen LogP) is 5.18. The second kappa shape index (κ2) is 9.27. The van der Waals surface area contributed by atoms with Gasteiger partial charge in [-0.3, -0.25) is 9.89 Å². The maximum absolute atomic E-state index is 13.3. The fourth-order valence-corrected chi connectivity index (χ4v) is 6.24. The maximum Gasteiger partial charge on any atom is 0.255 e. The molecule has 2 fully saturated rings. The van der Waals surface area contributed by atoms with Gasteiger partial charge in [0.05, 0.1) is 34.2 Å². The molecule has 1 aliphatic carbocycles. The standard InChI is InChI=1S/C32H32N8O/c1-19-28-11-9-24(32(41)38-12-2-3-25(33)18-38)17-40(28)37-30(19)29-14-22-8-10-26(35-31(22)39(29)16-20-4-5-20)21-6-7-23-15-34-36-27(23)13-21/h6-11,13-15,17,20,25H,2-5,12,16,18,33H2,1H3,(H,34,36)/t25-/m1/s1. The number of hydrogen-bond donors (Lipinski definition) is 2. The molecule has 9 heteroatoms. The Balaban J connectivity index is 1.21. The van der Waals surface area contributed by atoms with Gasteiger partial charge in [0.15, 0.2) is 0 Å². The largest absolute Gasteiger partial charge is 0.337 e. The van der Waals surface area contributed by atoms with Crippen molar-refractivity contribution in [3.05, 3.63) is 72.1 Å². The Kier molecular flexibility index (Phi) is 5.50. The molecule has 1 saturated carbocycles. The molecule has 6 aromatic rings. The summed E-state index contributed by atoms with van der Waals surface area (Å²) in [7, 11) is 0. The Morgan fingerprint density at radius 2 is 1.95 bits per heavy atom. The highest BCUT2D eigenvalue weighted by molar-refractivity contribution is 5.95. The molecular formula is C32H32N8O. The summed E-state index contributed by atoms with van der Waals surface area (Å²) in [5.41, 5.74) is 14.8. The van der Waals surface area contributed by atoms with Crippen LogP contribution in [0.15, 0.2) is 60.9 Å². The lowest BCUT2D eigenvalue weighted by atomic mass is 10.1. The van der Waals surface area contributed by atoms with E-state index >= 15 is 0 Å². The van der Waals surface area contributed by atoms with E-state index < -0.39 is 0 Å². The lowest BCUT2D eigenvalue weighted by molar-refractivity contribution is 0.0708. The molecule has 41 heavy (non-hydrogen) atoms. The smallest absolute Gasteiger partial charge is 0.255 e. The van der Waals surface area contributed by atoms with Crippen molar-refractivity contribution in [3.63, 3.8) is 0 Å². The molecular weight excluding hydrogens is 512 g/mol. The highest BCUT2D eigenvalue weighted by Crippen LogP contribution is 2.37. The van der Waals surface area contributed by atoms with Crippen LogP contribution in [-0.4, -0.2) is 59.3 Å². The van der Waals surface area contributed by atoms with Crippen LogP contribution in [0.5, 0.6) is 0 Å². The van der Waals surface area contributed by atoms with Crippen LogP contribution in [0, 0.1) is 12.8 Å². The van der Waals surface area contributed by atoms with Crippen molar-refractivity contribution in [1.82, 2.24) is 34.3 Å². The number of hydrogen-bond acceptors (Lipinski definition) is 5. The van der Waals surface area contributed by atoms with E-state index in [2.05, 4.69) is 58.1 Å². The lowest BCUT2D eigenvalue weighted by Gasteiger charge is -2.30. The summed E-state index contributed by atoms with van der Waals surface area (Å²) in [4.78, 5) is 20.3. The number of piperidine rings is 1. The number of benzene rings is 1. The van der Waals surface area contributed by atoms with E-state index in [4.69, 9.17) is 15.8 Å². The van der Waals surface area contributed by atoms with Gasteiger partial charge in [0.25, 0.3) is 5.91 Å². The van der Waals surface area contributed by atoms with Crippen LogP contribution in [0.2, 0.25) is 0 Å². The number of rotatable bonds is 5. The molecule has 9 nitrogen and oxygen atoms in total. The first-order valence-electron chi connectivity index (χ1n) is 14.5. The predicted molar refractivity (Wildman–Crippen MR) is 160 cm³/mol. The maximum atomic E-state index is 13.3. The topological polar surface area (TPSA) is 110 Å². The van der Waals surface area contributed by atoms with Crippen LogP contribution < -0.4 is 5.73 Å². The fourth-order valence-electron chi connectivity index (χ4n) is 6.24. The minimum absolute atomic E-state index is 0.0182. The van der Waals surface area contributed by atoms with E-state index in [1.807, 2.05) is 33.9 Å². The number of pyridine rings is 2. The summed E-state index contributed by atoms with van der Waals surface area (Å²) >= 11 is 0. The molecule has 1 amide bonds. The number of carbonyl (C=O) groups is 1. The number of aromatic amines is 1. The molecule has 1 saturated heterocycles. The molecule has 0 unspecified atom stereocenters. The molecule has 2 aliphatic rings. The molecule has 5 aromatic heterocycles. The number of nitrogens with zero attached hydrogens (tertiary/aromatic N) is 6. The molecule has 0 radical (unpaired) electrons. The van der Waals surface area contributed by atoms with E-state index in [1.165, 1.54) is 12.8 Å². The van der Waals surface area contributed by atoms with E-state index in [1.54, 1.807) is 0 Å². The third-order valence-corrected chi connectivity index (χ3v) is 8.73. The number of nitrogens with one attached hydrogen (secondary N) is 1. The average molecular weight is 545 g/mol. The minimum atomic E-state index is 0.0182. The van der Waals surface area contributed by atoms with Crippen LogP contribution >= 0.6 is 0 Å². The minimum Gasteiger partial charge on any atom is -0.337 e.